The largest absolute Gasteiger partial charge is 0.312 e. The van der Waals surface area contributed by atoms with Crippen molar-refractivity contribution in [1.82, 2.24) is 4.72 Å². The Bertz CT molecular complexity index is 1240. The summed E-state index contributed by atoms with van der Waals surface area (Å²) in [5, 5.41) is 3.07. The molecule has 0 spiro atoms. The lowest BCUT2D eigenvalue weighted by molar-refractivity contribution is 0.561. The lowest BCUT2D eigenvalue weighted by atomic mass is 10.2. The molecule has 0 radical (unpaired) electrons. The summed E-state index contributed by atoms with van der Waals surface area (Å²) in [6, 6.07) is 28.5. The molecule has 0 saturated heterocycles. The van der Waals surface area contributed by atoms with Crippen LogP contribution < -0.4 is 15.3 Å². The van der Waals surface area contributed by atoms with Gasteiger partial charge in [-0.15, -0.1) is 11.3 Å². The predicted octanol–water partition coefficient (Wildman–Crippen LogP) is 5.05. The summed E-state index contributed by atoms with van der Waals surface area (Å²) in [7, 11) is -7.35. The van der Waals surface area contributed by atoms with Crippen LogP contribution in [0.25, 0.3) is 0 Å². The molecule has 4 aromatic rings. The van der Waals surface area contributed by atoms with E-state index in [1.54, 1.807) is 48.5 Å². The fraction of sp³-hybridized carbons (Fsp3) is 0.0833. The summed E-state index contributed by atoms with van der Waals surface area (Å²) in [5.41, 5.74) is 0.966. The van der Waals surface area contributed by atoms with Crippen LogP contribution in [0.3, 0.4) is 0 Å². The van der Waals surface area contributed by atoms with Gasteiger partial charge in [0.2, 0.25) is 10.0 Å². The molecule has 0 fully saturated rings. The number of thiophene rings is 1. The Hall–Kier alpha value is -2.50. The van der Waals surface area contributed by atoms with Gasteiger partial charge in [-0.3, -0.25) is 0 Å². The fourth-order valence-corrected chi connectivity index (χ4v) is 9.43. The summed E-state index contributed by atoms with van der Waals surface area (Å²) < 4.78 is 44.3. The maximum atomic E-state index is 14.9. The third kappa shape index (κ3) is 4.43. The topological polar surface area (TPSA) is 63.2 Å². The van der Waals surface area contributed by atoms with Gasteiger partial charge in [0.15, 0.2) is 7.14 Å². The Kier molecular flexibility index (Phi) is 6.26. The van der Waals surface area contributed by atoms with E-state index in [4.69, 9.17) is 0 Å². The van der Waals surface area contributed by atoms with Gasteiger partial charge in [-0.25, -0.2) is 8.42 Å². The van der Waals surface area contributed by atoms with E-state index >= 15 is 0 Å². The zero-order valence-corrected chi connectivity index (χ0v) is 19.4. The van der Waals surface area contributed by atoms with Crippen molar-refractivity contribution < 1.29 is 13.0 Å². The van der Waals surface area contributed by atoms with E-state index in [0.717, 1.165) is 5.56 Å². The van der Waals surface area contributed by atoms with Gasteiger partial charge in [-0.2, -0.15) is 4.72 Å². The second kappa shape index (κ2) is 8.93. The second-order valence-electron chi connectivity index (χ2n) is 7.18. The summed E-state index contributed by atoms with van der Waals surface area (Å²) in [6.07, 6.45) is 0. The predicted molar refractivity (Wildman–Crippen MR) is 128 cm³/mol. The lowest BCUT2D eigenvalue weighted by Crippen LogP contribution is -2.34. The zero-order chi connectivity index (χ0) is 21.9. The Morgan fingerprint density at radius 2 is 1.32 bits per heavy atom. The monoisotopic (exact) mass is 467 g/mol. The van der Waals surface area contributed by atoms with E-state index in [-0.39, 0.29) is 4.90 Å². The average Bonchev–Trinajstić information content (AvgIpc) is 3.33. The number of aryl methyl sites for hydroxylation is 1. The highest BCUT2D eigenvalue weighted by atomic mass is 32.2. The first kappa shape index (κ1) is 21.7. The van der Waals surface area contributed by atoms with Gasteiger partial charge in [0.25, 0.3) is 0 Å². The van der Waals surface area contributed by atoms with E-state index in [1.807, 2.05) is 60.8 Å². The third-order valence-corrected chi connectivity index (χ3v) is 11.0. The van der Waals surface area contributed by atoms with Gasteiger partial charge in [-0.05, 0) is 30.5 Å². The summed E-state index contributed by atoms with van der Waals surface area (Å²) >= 11 is 1.39. The highest BCUT2D eigenvalue weighted by molar-refractivity contribution is 7.90. The van der Waals surface area contributed by atoms with Crippen molar-refractivity contribution in [1.29, 1.82) is 0 Å². The Morgan fingerprint density at radius 3 is 1.81 bits per heavy atom. The Labute approximate surface area is 187 Å². The molecule has 4 rings (SSSR count). The van der Waals surface area contributed by atoms with Crippen molar-refractivity contribution in [3.8, 4) is 0 Å². The van der Waals surface area contributed by atoms with Crippen LogP contribution in [0, 0.1) is 6.92 Å². The number of hydrogen-bond acceptors (Lipinski definition) is 4. The van der Waals surface area contributed by atoms with Crippen molar-refractivity contribution in [2.24, 2.45) is 0 Å². The lowest BCUT2D eigenvalue weighted by Gasteiger charge is -2.29. The zero-order valence-electron chi connectivity index (χ0n) is 16.9. The minimum Gasteiger partial charge on any atom is -0.312 e. The van der Waals surface area contributed by atoms with Crippen LogP contribution >= 0.6 is 18.5 Å². The highest BCUT2D eigenvalue weighted by Crippen LogP contribution is 2.57. The number of hydrogen-bond donors (Lipinski definition) is 1. The van der Waals surface area contributed by atoms with Gasteiger partial charge in [0.05, 0.1) is 4.90 Å². The molecule has 1 N–H and O–H groups in total. The first-order valence-corrected chi connectivity index (χ1v) is 13.9. The molecule has 1 atom stereocenters. The first-order valence-electron chi connectivity index (χ1n) is 9.74. The number of nitrogens with one attached hydrogen (secondary N) is 1. The maximum absolute atomic E-state index is 14.9. The Morgan fingerprint density at radius 1 is 0.774 bits per heavy atom. The molecule has 0 bridgehead atoms. The second-order valence-corrected chi connectivity index (χ2v) is 12.7. The van der Waals surface area contributed by atoms with Crippen molar-refractivity contribution in [3.05, 3.63) is 113 Å². The molecule has 0 aliphatic heterocycles. The molecule has 31 heavy (non-hydrogen) atoms. The molecule has 3 aromatic carbocycles. The van der Waals surface area contributed by atoms with Crippen LogP contribution in [-0.2, 0) is 14.6 Å². The number of rotatable bonds is 7. The summed E-state index contributed by atoms with van der Waals surface area (Å²) in [5.74, 6) is -0.927. The van der Waals surface area contributed by atoms with E-state index in [9.17, 15) is 13.0 Å². The molecule has 158 valence electrons. The molecule has 1 aromatic heterocycles. The van der Waals surface area contributed by atoms with Gasteiger partial charge in [0.1, 0.15) is 5.78 Å². The molecule has 4 nitrogen and oxygen atoms in total. The van der Waals surface area contributed by atoms with Crippen LogP contribution in [0.15, 0.2) is 107 Å². The molecule has 0 unspecified atom stereocenters. The minimum absolute atomic E-state index is 0.146. The standard InChI is InChI=1S/C24H22NO3PS2/c1-19-14-16-22(17-15-19)31(27,28)25-24(23-13-8-18-30-23)29(26,20-9-4-2-5-10-20)21-11-6-3-7-12-21/h2-18,24-25H,1H3/t24-/m1/s1. The number of sulfonamides is 1. The van der Waals surface area contributed by atoms with E-state index < -0.39 is 22.9 Å². The highest BCUT2D eigenvalue weighted by Gasteiger charge is 2.41. The SMILES string of the molecule is Cc1ccc(S(=O)(=O)N[C@@H](c2cccs2)P(=O)(c2ccccc2)c2ccccc2)cc1. The molecule has 0 aliphatic rings. The minimum atomic E-state index is -3.92. The molecular formula is C24H22NO3PS2. The summed E-state index contributed by atoms with van der Waals surface area (Å²) in [4.78, 5) is 0.846. The molecule has 0 saturated carbocycles. The Balaban J connectivity index is 1.90. The van der Waals surface area contributed by atoms with Gasteiger partial charge >= 0.3 is 0 Å². The van der Waals surface area contributed by atoms with Crippen LogP contribution in [0.4, 0.5) is 0 Å². The number of benzene rings is 3. The molecule has 0 amide bonds. The maximum Gasteiger partial charge on any atom is 0.241 e. The van der Waals surface area contributed by atoms with Gasteiger partial charge in [-0.1, -0.05) is 84.4 Å². The van der Waals surface area contributed by atoms with Crippen LogP contribution in [-0.4, -0.2) is 8.42 Å². The average molecular weight is 468 g/mol. The normalized spacial score (nSPS) is 13.1. The molecular weight excluding hydrogens is 445 g/mol. The summed E-state index contributed by atoms with van der Waals surface area (Å²) in [6.45, 7) is 1.90. The van der Waals surface area contributed by atoms with Crippen LogP contribution in [0.1, 0.15) is 16.2 Å². The van der Waals surface area contributed by atoms with Crippen molar-refractivity contribution >= 4 is 39.1 Å². The fourth-order valence-electron chi connectivity index (χ4n) is 3.44. The third-order valence-electron chi connectivity index (χ3n) is 5.05. The smallest absolute Gasteiger partial charge is 0.241 e. The van der Waals surface area contributed by atoms with E-state index in [0.29, 0.717) is 15.5 Å². The van der Waals surface area contributed by atoms with Gasteiger partial charge in [0, 0.05) is 15.5 Å². The van der Waals surface area contributed by atoms with E-state index in [1.165, 1.54) is 11.3 Å². The van der Waals surface area contributed by atoms with Crippen LogP contribution in [0.2, 0.25) is 0 Å². The molecule has 7 heteroatoms. The molecule has 0 aliphatic carbocycles. The van der Waals surface area contributed by atoms with E-state index in [2.05, 4.69) is 4.72 Å². The quantitative estimate of drug-likeness (QED) is 0.387. The molecule has 1 heterocycles. The van der Waals surface area contributed by atoms with Gasteiger partial charge < -0.3 is 4.57 Å². The first-order chi connectivity index (χ1) is 14.9. The van der Waals surface area contributed by atoms with Crippen molar-refractivity contribution in [3.63, 3.8) is 0 Å². The van der Waals surface area contributed by atoms with Crippen LogP contribution in [0.5, 0.6) is 0 Å². The van der Waals surface area contributed by atoms with Crippen molar-refractivity contribution in [2.45, 2.75) is 17.6 Å². The van der Waals surface area contributed by atoms with Crippen molar-refractivity contribution in [2.75, 3.05) is 0 Å².